The summed E-state index contributed by atoms with van der Waals surface area (Å²) in [5.41, 5.74) is -1.74. The standard InChI is InChI=1S/C15H13BrF3O3P/c1-2-9-7-8-12(23(20,21)22)13(14(9)15(17,18)19)10-5-3-4-6-11(10)16/h3-8H,2H2,1H3,(H2,20,21,22)/p-2. The largest absolute Gasteiger partial charge is 0.807 e. The lowest BCUT2D eigenvalue weighted by Gasteiger charge is -2.34. The Kier molecular flexibility index (Phi) is 5.06. The molecule has 2 rings (SSSR count). The highest BCUT2D eigenvalue weighted by atomic mass is 79.9. The summed E-state index contributed by atoms with van der Waals surface area (Å²) in [5.74, 6) is 0. The van der Waals surface area contributed by atoms with Gasteiger partial charge >= 0.3 is 6.18 Å². The zero-order chi connectivity index (χ0) is 17.4. The van der Waals surface area contributed by atoms with Gasteiger partial charge in [-0.15, -0.1) is 0 Å². The van der Waals surface area contributed by atoms with Crippen molar-refractivity contribution >= 4 is 28.8 Å². The molecule has 8 heteroatoms. The molecule has 0 bridgehead atoms. The Labute approximate surface area is 139 Å². The van der Waals surface area contributed by atoms with Crippen LogP contribution in [0.15, 0.2) is 40.9 Å². The summed E-state index contributed by atoms with van der Waals surface area (Å²) >= 11 is 3.12. The number of benzene rings is 2. The summed E-state index contributed by atoms with van der Waals surface area (Å²) in [4.78, 5) is 23.0. The van der Waals surface area contributed by atoms with E-state index >= 15 is 0 Å². The average molecular weight is 407 g/mol. The van der Waals surface area contributed by atoms with E-state index in [2.05, 4.69) is 15.9 Å². The topological polar surface area (TPSA) is 63.2 Å². The monoisotopic (exact) mass is 406 g/mol. The molecule has 0 spiro atoms. The molecule has 23 heavy (non-hydrogen) atoms. The summed E-state index contributed by atoms with van der Waals surface area (Å²) in [6.07, 6.45) is -4.74. The quantitative estimate of drug-likeness (QED) is 0.735. The van der Waals surface area contributed by atoms with Crippen LogP contribution in [0.1, 0.15) is 18.1 Å². The van der Waals surface area contributed by atoms with Gasteiger partial charge in [-0.1, -0.05) is 53.2 Å². The number of hydrogen-bond acceptors (Lipinski definition) is 3. The predicted molar refractivity (Wildman–Crippen MR) is 81.2 cm³/mol. The number of alkyl halides is 3. The van der Waals surface area contributed by atoms with Crippen LogP contribution in [0.25, 0.3) is 11.1 Å². The molecule has 0 aromatic heterocycles. The van der Waals surface area contributed by atoms with Gasteiger partial charge in [0.2, 0.25) is 0 Å². The molecule has 0 amide bonds. The molecule has 0 saturated heterocycles. The second-order valence-corrected chi connectivity index (χ2v) is 7.15. The summed E-state index contributed by atoms with van der Waals surface area (Å²) in [5, 5.41) is -0.853. The third-order valence-electron chi connectivity index (χ3n) is 3.37. The highest BCUT2D eigenvalue weighted by Gasteiger charge is 2.37. The molecule has 0 unspecified atom stereocenters. The molecule has 2 aromatic rings. The van der Waals surface area contributed by atoms with Crippen LogP contribution in [0.2, 0.25) is 0 Å². The first-order valence-corrected chi connectivity index (χ1v) is 8.91. The fourth-order valence-corrected chi connectivity index (χ4v) is 3.66. The Morgan fingerprint density at radius 3 is 2.22 bits per heavy atom. The Balaban J connectivity index is 3.01. The van der Waals surface area contributed by atoms with E-state index in [1.54, 1.807) is 6.07 Å². The maximum atomic E-state index is 13.6. The van der Waals surface area contributed by atoms with E-state index in [0.29, 0.717) is 0 Å². The molecule has 0 radical (unpaired) electrons. The highest BCUT2D eigenvalue weighted by molar-refractivity contribution is 9.10. The number of aryl methyl sites for hydroxylation is 1. The normalized spacial score (nSPS) is 12.5. The Bertz CT molecular complexity index is 784. The number of rotatable bonds is 3. The smallest absolute Gasteiger partial charge is 0.417 e. The molecule has 0 N–H and O–H groups in total. The van der Waals surface area contributed by atoms with Gasteiger partial charge in [-0.05, 0) is 36.5 Å². The first-order valence-electron chi connectivity index (χ1n) is 6.58. The molecular formula is C15H11BrF3O3P-2. The minimum Gasteiger partial charge on any atom is -0.807 e. The molecule has 0 fully saturated rings. The molecule has 0 aliphatic carbocycles. The van der Waals surface area contributed by atoms with Crippen molar-refractivity contribution in [1.82, 2.24) is 0 Å². The zero-order valence-corrected chi connectivity index (χ0v) is 14.3. The second kappa shape index (κ2) is 6.40. The molecule has 124 valence electrons. The summed E-state index contributed by atoms with van der Waals surface area (Å²) in [6.45, 7) is 1.53. The minimum absolute atomic E-state index is 0.0112. The zero-order valence-electron chi connectivity index (χ0n) is 11.9. The van der Waals surface area contributed by atoms with Crippen LogP contribution in [0, 0.1) is 0 Å². The number of halogens is 4. The molecule has 0 aliphatic heterocycles. The van der Waals surface area contributed by atoms with Gasteiger partial charge in [0.15, 0.2) is 0 Å². The van der Waals surface area contributed by atoms with Crippen LogP contribution in [0.3, 0.4) is 0 Å². The van der Waals surface area contributed by atoms with Gasteiger partial charge in [0.05, 0.1) is 5.56 Å². The van der Waals surface area contributed by atoms with E-state index in [1.807, 2.05) is 0 Å². The molecule has 0 atom stereocenters. The number of hydrogen-bond donors (Lipinski definition) is 0. The minimum atomic E-state index is -5.39. The SMILES string of the molecule is CCc1ccc(P(=O)([O-])[O-])c(-c2ccccc2Br)c1C(F)(F)F. The summed E-state index contributed by atoms with van der Waals surface area (Å²) < 4.78 is 52.5. The van der Waals surface area contributed by atoms with Gasteiger partial charge in [0, 0.05) is 10.0 Å². The van der Waals surface area contributed by atoms with E-state index in [0.717, 1.165) is 12.1 Å². The third-order valence-corrected chi connectivity index (χ3v) is 5.03. The Morgan fingerprint density at radius 1 is 1.13 bits per heavy atom. The predicted octanol–water partition coefficient (Wildman–Crippen LogP) is 3.24. The molecule has 0 aliphatic rings. The molecular weight excluding hydrogens is 396 g/mol. The fourth-order valence-electron chi connectivity index (χ4n) is 2.42. The maximum Gasteiger partial charge on any atom is 0.417 e. The van der Waals surface area contributed by atoms with E-state index in [4.69, 9.17) is 0 Å². The lowest BCUT2D eigenvalue weighted by Crippen LogP contribution is -2.29. The van der Waals surface area contributed by atoms with Gasteiger partial charge < -0.3 is 14.4 Å². The first-order chi connectivity index (χ1) is 10.6. The van der Waals surface area contributed by atoms with Gasteiger partial charge in [-0.3, -0.25) is 0 Å². The van der Waals surface area contributed by atoms with Crippen molar-refractivity contribution in [2.75, 3.05) is 0 Å². The average Bonchev–Trinajstić information content (AvgIpc) is 2.44. The van der Waals surface area contributed by atoms with Gasteiger partial charge in [0.25, 0.3) is 0 Å². The van der Waals surface area contributed by atoms with Crippen LogP contribution in [0.4, 0.5) is 13.2 Å². The van der Waals surface area contributed by atoms with E-state index < -0.39 is 30.2 Å². The van der Waals surface area contributed by atoms with Gasteiger partial charge in [-0.25, -0.2) is 0 Å². The van der Waals surface area contributed by atoms with Crippen LogP contribution >= 0.6 is 23.5 Å². The Morgan fingerprint density at radius 2 is 1.74 bits per heavy atom. The molecule has 2 aromatic carbocycles. The summed E-state index contributed by atoms with van der Waals surface area (Å²) in [7, 11) is -5.39. The van der Waals surface area contributed by atoms with Crippen LogP contribution < -0.4 is 15.1 Å². The van der Waals surface area contributed by atoms with Crippen molar-refractivity contribution < 1.29 is 27.5 Å². The molecule has 3 nitrogen and oxygen atoms in total. The van der Waals surface area contributed by atoms with Crippen LogP contribution in [0.5, 0.6) is 0 Å². The van der Waals surface area contributed by atoms with Crippen molar-refractivity contribution in [3.05, 3.63) is 52.0 Å². The lowest BCUT2D eigenvalue weighted by molar-refractivity contribution is -0.307. The Hall–Kier alpha value is -1.14. The van der Waals surface area contributed by atoms with Crippen LogP contribution in [-0.4, -0.2) is 0 Å². The van der Waals surface area contributed by atoms with Crippen molar-refractivity contribution in [2.45, 2.75) is 19.5 Å². The van der Waals surface area contributed by atoms with E-state index in [9.17, 15) is 27.5 Å². The fraction of sp³-hybridized carbons (Fsp3) is 0.200. The van der Waals surface area contributed by atoms with Crippen molar-refractivity contribution in [3.63, 3.8) is 0 Å². The van der Waals surface area contributed by atoms with E-state index in [1.165, 1.54) is 25.1 Å². The molecule has 0 heterocycles. The summed E-state index contributed by atoms with van der Waals surface area (Å²) in [6, 6.07) is 7.87. The van der Waals surface area contributed by atoms with E-state index in [-0.39, 0.29) is 22.0 Å². The molecule has 0 saturated carbocycles. The van der Waals surface area contributed by atoms with Gasteiger partial charge in [-0.2, -0.15) is 13.2 Å². The van der Waals surface area contributed by atoms with Gasteiger partial charge in [0.1, 0.15) is 0 Å². The third kappa shape index (κ3) is 3.69. The maximum absolute atomic E-state index is 13.6. The van der Waals surface area contributed by atoms with Crippen LogP contribution in [-0.2, 0) is 17.2 Å². The second-order valence-electron chi connectivity index (χ2n) is 4.82. The van der Waals surface area contributed by atoms with Crippen molar-refractivity contribution in [2.24, 2.45) is 0 Å². The lowest BCUT2D eigenvalue weighted by atomic mass is 9.93. The first kappa shape index (κ1) is 18.2. The van der Waals surface area contributed by atoms with Crippen molar-refractivity contribution in [3.8, 4) is 11.1 Å². The van der Waals surface area contributed by atoms with Crippen molar-refractivity contribution in [1.29, 1.82) is 0 Å². The highest BCUT2D eigenvalue weighted by Crippen LogP contribution is 2.44.